The number of ether oxygens (including phenoxy) is 1. The first-order valence-electron chi connectivity index (χ1n) is 6.70. The summed E-state index contributed by atoms with van der Waals surface area (Å²) in [6, 6.07) is 3.95. The maximum atomic E-state index is 12.3. The number of hydrogen-bond acceptors (Lipinski definition) is 5. The van der Waals surface area contributed by atoms with Gasteiger partial charge in [0.15, 0.2) is 0 Å². The Morgan fingerprint density at radius 3 is 2.82 bits per heavy atom. The van der Waals surface area contributed by atoms with Gasteiger partial charge in [-0.3, -0.25) is 0 Å². The number of carbonyl (C=O) groups is 1. The van der Waals surface area contributed by atoms with E-state index in [-0.39, 0.29) is 22.0 Å². The largest absolute Gasteiger partial charge is 0.465 e. The van der Waals surface area contributed by atoms with Crippen molar-refractivity contribution in [1.29, 1.82) is 0 Å². The van der Waals surface area contributed by atoms with Gasteiger partial charge in [0.25, 0.3) is 0 Å². The van der Waals surface area contributed by atoms with Crippen LogP contribution in [0.2, 0.25) is 5.02 Å². The summed E-state index contributed by atoms with van der Waals surface area (Å²) in [7, 11) is -2.49. The molecule has 22 heavy (non-hydrogen) atoms. The molecule has 1 aromatic carbocycles. The number of nitrogens with one attached hydrogen (secondary N) is 2. The average Bonchev–Trinajstić information content (AvgIpc) is 2.53. The lowest BCUT2D eigenvalue weighted by molar-refractivity contribution is 0.0600. The summed E-state index contributed by atoms with van der Waals surface area (Å²) < 4.78 is 31.7. The Labute approximate surface area is 134 Å². The molecule has 1 aliphatic heterocycles. The lowest BCUT2D eigenvalue weighted by Crippen LogP contribution is -2.30. The van der Waals surface area contributed by atoms with Crippen molar-refractivity contribution in [3.05, 3.63) is 40.4 Å². The number of halogens is 1. The zero-order chi connectivity index (χ0) is 16.2. The van der Waals surface area contributed by atoms with Crippen LogP contribution in [0.3, 0.4) is 0 Å². The van der Waals surface area contributed by atoms with Gasteiger partial charge in [-0.15, -0.1) is 0 Å². The summed E-state index contributed by atoms with van der Waals surface area (Å²) in [6.07, 6.45) is 2.77. The second kappa shape index (κ2) is 7.23. The topological polar surface area (TPSA) is 84.5 Å². The Morgan fingerprint density at radius 2 is 2.23 bits per heavy atom. The fraction of sp³-hybridized carbons (Fsp3) is 0.357. The zero-order valence-electron chi connectivity index (χ0n) is 12.1. The third-order valence-electron chi connectivity index (χ3n) is 3.29. The molecule has 0 unspecified atom stereocenters. The third kappa shape index (κ3) is 4.07. The highest BCUT2D eigenvalue weighted by Crippen LogP contribution is 2.23. The second-order valence-corrected chi connectivity index (χ2v) is 6.92. The highest BCUT2D eigenvalue weighted by Gasteiger charge is 2.20. The molecule has 1 aromatic rings. The Kier molecular flexibility index (Phi) is 5.57. The van der Waals surface area contributed by atoms with E-state index in [4.69, 9.17) is 11.6 Å². The fourth-order valence-corrected chi connectivity index (χ4v) is 3.64. The molecule has 0 aliphatic carbocycles. The Balaban J connectivity index is 2.15. The van der Waals surface area contributed by atoms with Crippen molar-refractivity contribution < 1.29 is 17.9 Å². The Morgan fingerprint density at radius 1 is 1.45 bits per heavy atom. The molecular formula is C14H17ClN2O4S. The number of carbonyl (C=O) groups excluding carboxylic acids is 1. The van der Waals surface area contributed by atoms with Gasteiger partial charge in [-0.05, 0) is 31.2 Å². The van der Waals surface area contributed by atoms with Crippen molar-refractivity contribution in [1.82, 2.24) is 10.0 Å². The minimum Gasteiger partial charge on any atom is -0.465 e. The van der Waals surface area contributed by atoms with Crippen LogP contribution in [-0.4, -0.2) is 41.1 Å². The summed E-state index contributed by atoms with van der Waals surface area (Å²) in [6.45, 7) is 1.83. The summed E-state index contributed by atoms with van der Waals surface area (Å²) in [4.78, 5) is 11.3. The van der Waals surface area contributed by atoms with E-state index < -0.39 is 16.0 Å². The first-order chi connectivity index (χ1) is 10.4. The minimum absolute atomic E-state index is 0.0188. The van der Waals surface area contributed by atoms with E-state index in [1.807, 2.05) is 6.08 Å². The van der Waals surface area contributed by atoms with Crippen LogP contribution >= 0.6 is 11.6 Å². The molecule has 2 N–H and O–H groups in total. The van der Waals surface area contributed by atoms with E-state index in [0.717, 1.165) is 25.1 Å². The number of sulfonamides is 1. The van der Waals surface area contributed by atoms with E-state index in [9.17, 15) is 13.2 Å². The van der Waals surface area contributed by atoms with Crippen LogP contribution in [0.15, 0.2) is 34.7 Å². The van der Waals surface area contributed by atoms with Crippen molar-refractivity contribution in [2.24, 2.45) is 0 Å². The van der Waals surface area contributed by atoms with E-state index >= 15 is 0 Å². The molecule has 6 nitrogen and oxygen atoms in total. The molecule has 0 atom stereocenters. The summed E-state index contributed by atoms with van der Waals surface area (Å²) in [5.41, 5.74) is 1.23. The fourth-order valence-electron chi connectivity index (χ4n) is 2.06. The van der Waals surface area contributed by atoms with E-state index in [0.29, 0.717) is 0 Å². The monoisotopic (exact) mass is 344 g/mol. The third-order valence-corrected chi connectivity index (χ3v) is 5.17. The number of rotatable bonds is 5. The van der Waals surface area contributed by atoms with Crippen LogP contribution in [0.25, 0.3) is 0 Å². The number of benzene rings is 1. The first-order valence-corrected chi connectivity index (χ1v) is 8.56. The summed E-state index contributed by atoms with van der Waals surface area (Å²) in [5.74, 6) is -0.571. The lowest BCUT2D eigenvalue weighted by Gasteiger charge is -2.15. The summed E-state index contributed by atoms with van der Waals surface area (Å²) in [5, 5.41) is 3.14. The maximum absolute atomic E-state index is 12.3. The van der Waals surface area contributed by atoms with Gasteiger partial charge in [-0.25, -0.2) is 17.9 Å². The normalized spacial score (nSPS) is 15.3. The Bertz CT molecular complexity index is 701. The molecule has 0 spiro atoms. The second-order valence-electron chi connectivity index (χ2n) is 4.78. The number of esters is 1. The SMILES string of the molecule is COC(=O)c1ccc(S(=O)(=O)NCC2=CCNCC2)c(Cl)c1. The number of hydrogen-bond donors (Lipinski definition) is 2. The first kappa shape index (κ1) is 17.0. The van der Waals surface area contributed by atoms with Gasteiger partial charge in [0, 0.05) is 13.1 Å². The van der Waals surface area contributed by atoms with Crippen molar-refractivity contribution in [3.8, 4) is 0 Å². The predicted octanol–water partition coefficient (Wildman–Crippen LogP) is 1.32. The minimum atomic E-state index is -3.73. The van der Waals surface area contributed by atoms with Gasteiger partial charge in [-0.2, -0.15) is 0 Å². The summed E-state index contributed by atoms with van der Waals surface area (Å²) >= 11 is 5.98. The molecule has 0 saturated carbocycles. The van der Waals surface area contributed by atoms with Gasteiger partial charge in [0.05, 0.1) is 17.7 Å². The molecule has 120 valence electrons. The van der Waals surface area contributed by atoms with Crippen molar-refractivity contribution in [2.45, 2.75) is 11.3 Å². The molecule has 1 aliphatic rings. The average molecular weight is 345 g/mol. The van der Waals surface area contributed by atoms with Crippen LogP contribution in [0.5, 0.6) is 0 Å². The van der Waals surface area contributed by atoms with Crippen molar-refractivity contribution >= 4 is 27.6 Å². The smallest absolute Gasteiger partial charge is 0.337 e. The van der Waals surface area contributed by atoms with E-state index in [1.54, 1.807) is 0 Å². The zero-order valence-corrected chi connectivity index (χ0v) is 13.6. The quantitative estimate of drug-likeness (QED) is 0.621. The van der Waals surface area contributed by atoms with Crippen LogP contribution in [0.1, 0.15) is 16.8 Å². The van der Waals surface area contributed by atoms with Gasteiger partial charge in [0.2, 0.25) is 10.0 Å². The standard InChI is InChI=1S/C14H17ClN2O4S/c1-21-14(18)11-2-3-13(12(15)8-11)22(19,20)17-9-10-4-6-16-7-5-10/h2-4,8,16-17H,5-7,9H2,1H3. The van der Waals surface area contributed by atoms with Gasteiger partial charge in [0.1, 0.15) is 4.90 Å². The van der Waals surface area contributed by atoms with Gasteiger partial charge in [-0.1, -0.05) is 23.3 Å². The molecule has 1 heterocycles. The highest BCUT2D eigenvalue weighted by atomic mass is 35.5. The van der Waals surface area contributed by atoms with E-state index in [2.05, 4.69) is 14.8 Å². The van der Waals surface area contributed by atoms with Crippen molar-refractivity contribution in [2.75, 3.05) is 26.7 Å². The molecule has 0 saturated heterocycles. The van der Waals surface area contributed by atoms with Gasteiger partial charge < -0.3 is 10.1 Å². The molecule has 0 bridgehead atoms. The molecule has 0 aromatic heterocycles. The maximum Gasteiger partial charge on any atom is 0.337 e. The van der Waals surface area contributed by atoms with Crippen LogP contribution in [0, 0.1) is 0 Å². The highest BCUT2D eigenvalue weighted by molar-refractivity contribution is 7.89. The predicted molar refractivity (Wildman–Crippen MR) is 83.5 cm³/mol. The lowest BCUT2D eigenvalue weighted by atomic mass is 10.1. The molecule has 0 fully saturated rings. The molecule has 0 radical (unpaired) electrons. The molecule has 2 rings (SSSR count). The van der Waals surface area contributed by atoms with Crippen molar-refractivity contribution in [3.63, 3.8) is 0 Å². The van der Waals surface area contributed by atoms with Crippen LogP contribution in [-0.2, 0) is 14.8 Å². The van der Waals surface area contributed by atoms with Gasteiger partial charge >= 0.3 is 5.97 Å². The van der Waals surface area contributed by atoms with Crippen LogP contribution in [0.4, 0.5) is 0 Å². The van der Waals surface area contributed by atoms with Crippen LogP contribution < -0.4 is 10.0 Å². The van der Waals surface area contributed by atoms with E-state index in [1.165, 1.54) is 25.3 Å². The number of methoxy groups -OCH3 is 1. The molecular weight excluding hydrogens is 328 g/mol. The molecule has 8 heteroatoms. The Hall–Kier alpha value is -1.41. The molecule has 0 amide bonds.